The molecule has 1 atom stereocenters. The Morgan fingerprint density at radius 3 is 2.30 bits per heavy atom. The molecule has 0 radical (unpaired) electrons. The average Bonchev–Trinajstić information content (AvgIpc) is 2.77. The molecule has 172 valence electrons. The molecule has 3 nitrogen and oxygen atoms in total. The van der Waals surface area contributed by atoms with E-state index < -0.39 is 5.97 Å². The molecule has 0 saturated carbocycles. The van der Waals surface area contributed by atoms with Crippen LogP contribution in [0.2, 0.25) is 0 Å². The molecular formula is C30H35NO2. The van der Waals surface area contributed by atoms with Gasteiger partial charge in [0.1, 0.15) is 0 Å². The van der Waals surface area contributed by atoms with Gasteiger partial charge >= 0.3 is 5.97 Å². The molecule has 3 heteroatoms. The van der Waals surface area contributed by atoms with Crippen molar-refractivity contribution >= 4 is 28.5 Å². The molecule has 4 rings (SSSR count). The lowest BCUT2D eigenvalue weighted by Crippen LogP contribution is -2.30. The highest BCUT2D eigenvalue weighted by Crippen LogP contribution is 2.46. The first kappa shape index (κ1) is 23.2. The van der Waals surface area contributed by atoms with Crippen LogP contribution in [0.4, 0.5) is 0 Å². The van der Waals surface area contributed by atoms with Crippen molar-refractivity contribution < 1.29 is 9.90 Å². The molecule has 1 aliphatic carbocycles. The quantitative estimate of drug-likeness (QED) is 0.450. The molecule has 1 N–H and O–H groups in total. The van der Waals surface area contributed by atoms with Crippen molar-refractivity contribution in [2.75, 3.05) is 0 Å². The fourth-order valence-electron chi connectivity index (χ4n) is 4.89. The second-order valence-electron chi connectivity index (χ2n) is 11.1. The number of carboxylic acids is 1. The molecule has 1 heterocycles. The molecule has 3 aromatic rings. The van der Waals surface area contributed by atoms with Crippen molar-refractivity contribution in [2.45, 2.75) is 66.2 Å². The zero-order valence-corrected chi connectivity index (χ0v) is 20.7. The van der Waals surface area contributed by atoms with Gasteiger partial charge in [0.05, 0.1) is 16.8 Å². The Bertz CT molecular complexity index is 1230. The highest BCUT2D eigenvalue weighted by molar-refractivity contribution is 6.06. The van der Waals surface area contributed by atoms with Gasteiger partial charge in [-0.25, -0.2) is 9.78 Å². The number of aromatic nitrogens is 1. The third-order valence-corrected chi connectivity index (χ3v) is 7.56. The van der Waals surface area contributed by atoms with E-state index in [1.54, 1.807) is 0 Å². The van der Waals surface area contributed by atoms with Gasteiger partial charge < -0.3 is 5.11 Å². The van der Waals surface area contributed by atoms with Crippen LogP contribution in [0.15, 0.2) is 48.5 Å². The highest BCUT2D eigenvalue weighted by atomic mass is 16.4. The van der Waals surface area contributed by atoms with Gasteiger partial charge in [0.2, 0.25) is 0 Å². The van der Waals surface area contributed by atoms with Gasteiger partial charge in [-0.15, -0.1) is 0 Å². The Balaban J connectivity index is 1.92. The van der Waals surface area contributed by atoms with Gasteiger partial charge in [0.15, 0.2) is 0 Å². The molecule has 0 bridgehead atoms. The minimum atomic E-state index is -0.867. The second-order valence-corrected chi connectivity index (χ2v) is 11.1. The van der Waals surface area contributed by atoms with Crippen molar-refractivity contribution in [3.05, 3.63) is 76.5 Å². The summed E-state index contributed by atoms with van der Waals surface area (Å²) in [5, 5.41) is 10.9. The Labute approximate surface area is 197 Å². The standard InChI is InChI=1S/C30H35NO2/c1-7-30(5,6)22-17-20(16-19-12-14-21(15-13-19)29(2,3)4)27-24(18-22)26(28(32)33)23-10-8-9-11-25(23)31-27/h8-16,22H,7,17-18H2,1-6H3,(H,32,33). The van der Waals surface area contributed by atoms with E-state index in [9.17, 15) is 9.90 Å². The van der Waals surface area contributed by atoms with Gasteiger partial charge in [-0.2, -0.15) is 0 Å². The lowest BCUT2D eigenvalue weighted by atomic mass is 9.67. The number of pyridine rings is 1. The van der Waals surface area contributed by atoms with Crippen molar-refractivity contribution in [1.29, 1.82) is 0 Å². The van der Waals surface area contributed by atoms with E-state index in [4.69, 9.17) is 4.98 Å². The Hall–Kier alpha value is -2.94. The third-order valence-electron chi connectivity index (χ3n) is 7.56. The van der Waals surface area contributed by atoms with Crippen LogP contribution >= 0.6 is 0 Å². The minimum Gasteiger partial charge on any atom is -0.478 e. The topological polar surface area (TPSA) is 50.2 Å². The molecule has 0 amide bonds. The molecule has 0 aliphatic heterocycles. The van der Waals surface area contributed by atoms with E-state index in [1.807, 2.05) is 24.3 Å². The summed E-state index contributed by atoms with van der Waals surface area (Å²) in [6.45, 7) is 13.5. The zero-order chi connectivity index (χ0) is 24.0. The fraction of sp³-hybridized carbons (Fsp3) is 0.400. The molecule has 1 aromatic heterocycles. The zero-order valence-electron chi connectivity index (χ0n) is 20.7. The lowest BCUT2D eigenvalue weighted by Gasteiger charge is -2.38. The predicted molar refractivity (Wildman–Crippen MR) is 138 cm³/mol. The van der Waals surface area contributed by atoms with Gasteiger partial charge in [-0.1, -0.05) is 90.4 Å². The molecule has 33 heavy (non-hydrogen) atoms. The number of fused-ring (bicyclic) bond motifs is 2. The molecule has 2 aromatic carbocycles. The maximum atomic E-state index is 12.5. The first-order valence-electron chi connectivity index (χ1n) is 12.0. The number of hydrogen-bond acceptors (Lipinski definition) is 2. The number of hydrogen-bond donors (Lipinski definition) is 1. The van der Waals surface area contributed by atoms with Crippen molar-refractivity contribution in [1.82, 2.24) is 4.98 Å². The number of nitrogens with zero attached hydrogens (tertiary/aromatic N) is 1. The van der Waals surface area contributed by atoms with Crippen LogP contribution in [0.1, 0.15) is 87.1 Å². The monoisotopic (exact) mass is 441 g/mol. The summed E-state index contributed by atoms with van der Waals surface area (Å²) < 4.78 is 0. The van der Waals surface area contributed by atoms with Gasteiger partial charge in [-0.3, -0.25) is 0 Å². The normalized spacial score (nSPS) is 17.9. The van der Waals surface area contributed by atoms with E-state index in [-0.39, 0.29) is 10.8 Å². The first-order chi connectivity index (χ1) is 15.5. The van der Waals surface area contributed by atoms with Crippen molar-refractivity contribution in [3.8, 4) is 0 Å². The maximum absolute atomic E-state index is 12.5. The molecule has 1 aliphatic rings. The lowest BCUT2D eigenvalue weighted by molar-refractivity contribution is 0.0696. The number of carbonyl (C=O) groups is 1. The van der Waals surface area contributed by atoms with E-state index in [2.05, 4.69) is 71.9 Å². The summed E-state index contributed by atoms with van der Waals surface area (Å²) in [6, 6.07) is 16.3. The second kappa shape index (κ2) is 8.44. The Morgan fingerprint density at radius 2 is 1.70 bits per heavy atom. The maximum Gasteiger partial charge on any atom is 0.336 e. The van der Waals surface area contributed by atoms with E-state index >= 15 is 0 Å². The summed E-state index contributed by atoms with van der Waals surface area (Å²) in [4.78, 5) is 17.5. The largest absolute Gasteiger partial charge is 0.478 e. The number of carboxylic acid groups (broad SMARTS) is 1. The fourth-order valence-corrected chi connectivity index (χ4v) is 4.89. The van der Waals surface area contributed by atoms with E-state index in [0.717, 1.165) is 52.6 Å². The molecule has 0 spiro atoms. The smallest absolute Gasteiger partial charge is 0.336 e. The average molecular weight is 442 g/mol. The van der Waals surface area contributed by atoms with Gasteiger partial charge in [0.25, 0.3) is 0 Å². The molecule has 0 saturated heterocycles. The number of para-hydroxylation sites is 1. The van der Waals surface area contributed by atoms with Crippen LogP contribution in [0.3, 0.4) is 0 Å². The summed E-state index contributed by atoms with van der Waals surface area (Å²) >= 11 is 0. The highest BCUT2D eigenvalue weighted by Gasteiger charge is 2.36. The Kier molecular flexibility index (Phi) is 5.94. The van der Waals surface area contributed by atoms with Crippen LogP contribution in [-0.2, 0) is 11.8 Å². The van der Waals surface area contributed by atoms with Crippen molar-refractivity contribution in [2.24, 2.45) is 11.3 Å². The number of benzene rings is 2. The van der Waals surface area contributed by atoms with Crippen LogP contribution in [-0.4, -0.2) is 16.1 Å². The van der Waals surface area contributed by atoms with E-state index in [1.165, 1.54) is 5.56 Å². The number of rotatable bonds is 4. The van der Waals surface area contributed by atoms with E-state index in [0.29, 0.717) is 11.5 Å². The molecule has 0 fully saturated rings. The van der Waals surface area contributed by atoms with Crippen molar-refractivity contribution in [3.63, 3.8) is 0 Å². The molecular weight excluding hydrogens is 406 g/mol. The number of allylic oxidation sites excluding steroid dienone is 1. The van der Waals surface area contributed by atoms with Gasteiger partial charge in [-0.05, 0) is 64.0 Å². The molecule has 1 unspecified atom stereocenters. The summed E-state index contributed by atoms with van der Waals surface area (Å²) in [7, 11) is 0. The van der Waals surface area contributed by atoms with Crippen LogP contribution in [0, 0.1) is 11.3 Å². The summed E-state index contributed by atoms with van der Waals surface area (Å²) in [6.07, 6.45) is 4.91. The SMILES string of the molecule is CCC(C)(C)C1CC(=Cc2ccc(C(C)(C)C)cc2)c2nc3ccccc3c(C(=O)O)c2C1. The van der Waals surface area contributed by atoms with Crippen LogP contribution < -0.4 is 0 Å². The third kappa shape index (κ3) is 4.46. The van der Waals surface area contributed by atoms with Crippen LogP contribution in [0.25, 0.3) is 22.6 Å². The number of aromatic carboxylic acids is 1. The summed E-state index contributed by atoms with van der Waals surface area (Å²) in [5.41, 5.74) is 6.69. The summed E-state index contributed by atoms with van der Waals surface area (Å²) in [5.74, 6) is -0.509. The van der Waals surface area contributed by atoms with Gasteiger partial charge in [0, 0.05) is 5.39 Å². The van der Waals surface area contributed by atoms with Crippen LogP contribution in [0.5, 0.6) is 0 Å². The first-order valence-corrected chi connectivity index (χ1v) is 12.0. The predicted octanol–water partition coefficient (Wildman–Crippen LogP) is 7.77. The minimum absolute atomic E-state index is 0.105. The Morgan fingerprint density at radius 1 is 1.03 bits per heavy atom.